The van der Waals surface area contributed by atoms with Crippen LogP contribution in [0.2, 0.25) is 0 Å². The van der Waals surface area contributed by atoms with E-state index in [0.29, 0.717) is 0 Å². The number of aliphatic carboxylic acids is 1. The maximum atomic E-state index is 12.2. The fourth-order valence-corrected chi connectivity index (χ4v) is 1.86. The molecule has 0 spiro atoms. The van der Waals surface area contributed by atoms with Crippen molar-refractivity contribution in [3.05, 3.63) is 0 Å². The van der Waals surface area contributed by atoms with Crippen LogP contribution in [0.15, 0.2) is 0 Å². The number of amides is 2. The number of hydrazine groups is 1. The Morgan fingerprint density at radius 2 is 1.74 bits per heavy atom. The van der Waals surface area contributed by atoms with Crippen molar-refractivity contribution in [2.45, 2.75) is 26.3 Å². The minimum atomic E-state index is -1.01. The van der Waals surface area contributed by atoms with Gasteiger partial charge in [0.15, 0.2) is 0 Å². The lowest BCUT2D eigenvalue weighted by atomic mass is 10.1. The molecule has 0 radical (unpaired) electrons. The summed E-state index contributed by atoms with van der Waals surface area (Å²) >= 11 is 0. The highest BCUT2D eigenvalue weighted by molar-refractivity contribution is 5.80. The molecule has 1 saturated heterocycles. The molecular weight excluding hydrogens is 248 g/mol. The molecular formula is C12H24N4O3. The third kappa shape index (κ3) is 5.04. The number of hydrogen-bond donors (Lipinski definition) is 2. The van der Waals surface area contributed by atoms with Gasteiger partial charge in [-0.1, -0.05) is 0 Å². The first-order valence-electron chi connectivity index (χ1n) is 6.43. The molecule has 1 fully saturated rings. The van der Waals surface area contributed by atoms with Crippen LogP contribution in [0.4, 0.5) is 4.79 Å². The smallest absolute Gasteiger partial charge is 0.332 e. The van der Waals surface area contributed by atoms with Crippen LogP contribution in [-0.2, 0) is 4.79 Å². The molecule has 0 bridgehead atoms. The van der Waals surface area contributed by atoms with Crippen molar-refractivity contribution in [1.29, 1.82) is 0 Å². The van der Waals surface area contributed by atoms with Gasteiger partial charge < -0.3 is 14.9 Å². The summed E-state index contributed by atoms with van der Waals surface area (Å²) in [6.07, 6.45) is 0. The lowest BCUT2D eigenvalue weighted by Crippen LogP contribution is -2.59. The van der Waals surface area contributed by atoms with Gasteiger partial charge in [0.1, 0.15) is 6.54 Å². The number of rotatable bonds is 3. The summed E-state index contributed by atoms with van der Waals surface area (Å²) in [6.45, 7) is 8.41. The van der Waals surface area contributed by atoms with E-state index >= 15 is 0 Å². The maximum Gasteiger partial charge on any atom is 0.332 e. The van der Waals surface area contributed by atoms with Crippen LogP contribution < -0.4 is 5.43 Å². The molecule has 0 aliphatic carbocycles. The van der Waals surface area contributed by atoms with Crippen LogP contribution in [0.25, 0.3) is 0 Å². The average Bonchev–Trinajstić information content (AvgIpc) is 2.27. The Balaban J connectivity index is 2.59. The molecule has 0 aromatic heterocycles. The van der Waals surface area contributed by atoms with E-state index in [-0.39, 0.29) is 12.6 Å². The van der Waals surface area contributed by atoms with E-state index in [4.69, 9.17) is 5.11 Å². The Hall–Kier alpha value is -1.34. The van der Waals surface area contributed by atoms with E-state index in [9.17, 15) is 9.59 Å². The van der Waals surface area contributed by atoms with Crippen LogP contribution >= 0.6 is 0 Å². The van der Waals surface area contributed by atoms with Crippen molar-refractivity contribution < 1.29 is 14.7 Å². The molecule has 1 aliphatic heterocycles. The zero-order valence-electron chi connectivity index (χ0n) is 12.1. The highest BCUT2D eigenvalue weighted by Crippen LogP contribution is 2.13. The normalized spacial score (nSPS) is 18.1. The van der Waals surface area contributed by atoms with E-state index in [0.717, 1.165) is 26.2 Å². The number of carboxylic acids is 1. The maximum absolute atomic E-state index is 12.2. The Bertz CT molecular complexity index is 332. The van der Waals surface area contributed by atoms with E-state index in [1.54, 1.807) is 0 Å². The van der Waals surface area contributed by atoms with Crippen LogP contribution in [-0.4, -0.2) is 77.2 Å². The number of urea groups is 1. The van der Waals surface area contributed by atoms with E-state index in [1.165, 1.54) is 4.90 Å². The molecule has 7 nitrogen and oxygen atoms in total. The second-order valence-electron chi connectivity index (χ2n) is 5.86. The zero-order valence-corrected chi connectivity index (χ0v) is 12.1. The molecule has 2 amide bonds. The highest BCUT2D eigenvalue weighted by atomic mass is 16.4. The predicted molar refractivity (Wildman–Crippen MR) is 71.7 cm³/mol. The molecule has 110 valence electrons. The van der Waals surface area contributed by atoms with Gasteiger partial charge in [-0.3, -0.25) is 10.2 Å². The lowest BCUT2D eigenvalue weighted by Gasteiger charge is -2.38. The summed E-state index contributed by atoms with van der Waals surface area (Å²) in [6, 6.07) is -0.362. The van der Waals surface area contributed by atoms with Crippen molar-refractivity contribution >= 4 is 12.0 Å². The number of piperazine rings is 1. The summed E-state index contributed by atoms with van der Waals surface area (Å²) in [5.74, 6) is -1.01. The Kier molecular flexibility index (Phi) is 5.13. The summed E-state index contributed by atoms with van der Waals surface area (Å²) in [4.78, 5) is 26.5. The molecule has 0 atom stereocenters. The first kappa shape index (κ1) is 15.7. The van der Waals surface area contributed by atoms with Crippen molar-refractivity contribution in [3.8, 4) is 0 Å². The van der Waals surface area contributed by atoms with E-state index < -0.39 is 11.5 Å². The highest BCUT2D eigenvalue weighted by Gasteiger charge is 2.29. The van der Waals surface area contributed by atoms with Crippen molar-refractivity contribution in [3.63, 3.8) is 0 Å². The van der Waals surface area contributed by atoms with Crippen LogP contribution in [0.3, 0.4) is 0 Å². The Morgan fingerprint density at radius 1 is 1.21 bits per heavy atom. The molecule has 19 heavy (non-hydrogen) atoms. The van der Waals surface area contributed by atoms with Crippen molar-refractivity contribution in [2.75, 3.05) is 39.8 Å². The van der Waals surface area contributed by atoms with Crippen molar-refractivity contribution in [1.82, 2.24) is 20.2 Å². The van der Waals surface area contributed by atoms with Gasteiger partial charge in [0.2, 0.25) is 0 Å². The quantitative estimate of drug-likeness (QED) is 0.759. The van der Waals surface area contributed by atoms with Gasteiger partial charge in [-0.05, 0) is 27.8 Å². The van der Waals surface area contributed by atoms with Crippen LogP contribution in [0.1, 0.15) is 20.8 Å². The third-order valence-corrected chi connectivity index (χ3v) is 3.11. The zero-order chi connectivity index (χ0) is 14.6. The minimum absolute atomic E-state index is 0.303. The number of nitrogens with zero attached hydrogens (tertiary/aromatic N) is 3. The molecule has 1 rings (SSSR count). The summed E-state index contributed by atoms with van der Waals surface area (Å²) in [5.41, 5.74) is 2.25. The number of carbonyl (C=O) groups is 2. The SMILES string of the molecule is CN1CCN(NC(=O)N(CC(=O)O)C(C)(C)C)CC1. The van der Waals surface area contributed by atoms with Gasteiger partial charge in [0, 0.05) is 31.7 Å². The monoisotopic (exact) mass is 272 g/mol. The molecule has 0 aromatic carbocycles. The van der Waals surface area contributed by atoms with Gasteiger partial charge in [0.25, 0.3) is 0 Å². The lowest BCUT2D eigenvalue weighted by molar-refractivity contribution is -0.138. The number of carboxylic acid groups (broad SMARTS) is 1. The van der Waals surface area contributed by atoms with Crippen LogP contribution in [0.5, 0.6) is 0 Å². The summed E-state index contributed by atoms with van der Waals surface area (Å²) in [7, 11) is 2.03. The third-order valence-electron chi connectivity index (χ3n) is 3.11. The fraction of sp³-hybridized carbons (Fsp3) is 0.833. The number of likely N-dealkylation sites (N-methyl/N-ethyl adjacent to an activating group) is 1. The number of hydrogen-bond acceptors (Lipinski definition) is 4. The van der Waals surface area contributed by atoms with Gasteiger partial charge >= 0.3 is 12.0 Å². The molecule has 0 aromatic rings. The number of nitrogens with one attached hydrogen (secondary N) is 1. The largest absolute Gasteiger partial charge is 0.480 e. The van der Waals surface area contributed by atoms with Gasteiger partial charge in [-0.2, -0.15) is 0 Å². The first-order valence-corrected chi connectivity index (χ1v) is 6.43. The Labute approximate surface area is 114 Å². The van der Waals surface area contributed by atoms with E-state index in [2.05, 4.69) is 10.3 Å². The first-order chi connectivity index (χ1) is 8.70. The van der Waals surface area contributed by atoms with Gasteiger partial charge in [-0.25, -0.2) is 9.80 Å². The standard InChI is InChI=1S/C12H24N4O3/c1-12(2,3)16(9-10(17)18)11(19)13-15-7-5-14(4)6-8-15/h5-9H2,1-4H3,(H,13,19)(H,17,18). The van der Waals surface area contributed by atoms with E-state index in [1.807, 2.05) is 32.8 Å². The average molecular weight is 272 g/mol. The Morgan fingerprint density at radius 3 is 2.16 bits per heavy atom. The van der Waals surface area contributed by atoms with Crippen molar-refractivity contribution in [2.24, 2.45) is 0 Å². The fourth-order valence-electron chi connectivity index (χ4n) is 1.86. The van der Waals surface area contributed by atoms with Gasteiger partial charge in [-0.15, -0.1) is 0 Å². The number of carbonyl (C=O) groups excluding carboxylic acids is 1. The molecule has 1 heterocycles. The summed E-state index contributed by atoms with van der Waals surface area (Å²) in [5, 5.41) is 10.7. The molecule has 2 N–H and O–H groups in total. The summed E-state index contributed by atoms with van der Waals surface area (Å²) < 4.78 is 0. The second-order valence-corrected chi connectivity index (χ2v) is 5.86. The molecule has 0 saturated carbocycles. The predicted octanol–water partition coefficient (Wildman–Crippen LogP) is 0.0435. The molecule has 0 unspecified atom stereocenters. The van der Waals surface area contributed by atoms with Crippen LogP contribution in [0, 0.1) is 0 Å². The molecule has 1 aliphatic rings. The minimum Gasteiger partial charge on any atom is -0.480 e. The van der Waals surface area contributed by atoms with Gasteiger partial charge in [0.05, 0.1) is 0 Å². The topological polar surface area (TPSA) is 76.1 Å². The molecule has 7 heteroatoms. The second kappa shape index (κ2) is 6.21.